The Morgan fingerprint density at radius 3 is 2.54 bits per heavy atom. The van der Waals surface area contributed by atoms with E-state index in [4.69, 9.17) is 4.98 Å². The molecule has 3 aromatic heterocycles. The van der Waals surface area contributed by atoms with Gasteiger partial charge in [-0.2, -0.15) is 0 Å². The van der Waals surface area contributed by atoms with Crippen LogP contribution in [-0.2, 0) is 5.41 Å². The molecular formula is C22H20N4OS. The van der Waals surface area contributed by atoms with Gasteiger partial charge in [-0.25, -0.2) is 4.98 Å². The van der Waals surface area contributed by atoms with Gasteiger partial charge in [0.2, 0.25) is 0 Å². The Labute approximate surface area is 167 Å². The number of nitrogens with zero attached hydrogens (tertiary/aromatic N) is 4. The Kier molecular flexibility index (Phi) is 4.20. The second kappa shape index (κ2) is 6.87. The average Bonchev–Trinajstić information content (AvgIpc) is 3.44. The lowest BCUT2D eigenvalue weighted by Gasteiger charge is -2.41. The predicted molar refractivity (Wildman–Crippen MR) is 110 cm³/mol. The van der Waals surface area contributed by atoms with Crippen molar-refractivity contribution in [3.05, 3.63) is 88.8 Å². The number of thiazole rings is 1. The van der Waals surface area contributed by atoms with Gasteiger partial charge in [0.05, 0.1) is 17.4 Å². The minimum absolute atomic E-state index is 0.0826. The Morgan fingerprint density at radius 2 is 1.82 bits per heavy atom. The highest BCUT2D eigenvalue weighted by Crippen LogP contribution is 2.41. The van der Waals surface area contributed by atoms with E-state index in [2.05, 4.69) is 39.8 Å². The van der Waals surface area contributed by atoms with E-state index in [-0.39, 0.29) is 11.3 Å². The number of carbonyl (C=O) groups is 1. The molecule has 1 amide bonds. The smallest absolute Gasteiger partial charge is 0.265 e. The van der Waals surface area contributed by atoms with Gasteiger partial charge in [-0.1, -0.05) is 36.4 Å². The molecule has 5 nitrogen and oxygen atoms in total. The maximum Gasteiger partial charge on any atom is 0.265 e. The molecule has 1 saturated heterocycles. The summed E-state index contributed by atoms with van der Waals surface area (Å²) in [6.07, 6.45) is 7.54. The number of carbonyl (C=O) groups excluding carboxylic acids is 1. The van der Waals surface area contributed by atoms with Crippen molar-refractivity contribution in [2.24, 2.45) is 0 Å². The largest absolute Gasteiger partial charge is 0.338 e. The lowest BCUT2D eigenvalue weighted by atomic mass is 9.70. The van der Waals surface area contributed by atoms with Crippen LogP contribution in [-0.4, -0.2) is 38.3 Å². The molecule has 1 aliphatic heterocycles. The second-order valence-corrected chi connectivity index (χ2v) is 8.08. The van der Waals surface area contributed by atoms with Crippen molar-refractivity contribution in [2.75, 3.05) is 13.1 Å². The number of pyridine rings is 1. The van der Waals surface area contributed by atoms with Crippen molar-refractivity contribution in [3.63, 3.8) is 0 Å². The average molecular weight is 388 g/mol. The minimum atomic E-state index is -0.183. The van der Waals surface area contributed by atoms with Gasteiger partial charge < -0.3 is 9.30 Å². The second-order valence-electron chi connectivity index (χ2n) is 7.20. The molecule has 0 bridgehead atoms. The summed E-state index contributed by atoms with van der Waals surface area (Å²) in [6, 6.07) is 16.6. The summed E-state index contributed by atoms with van der Waals surface area (Å²) >= 11 is 1.40. The van der Waals surface area contributed by atoms with Gasteiger partial charge in [-0.3, -0.25) is 9.78 Å². The molecule has 140 valence electrons. The van der Waals surface area contributed by atoms with E-state index in [1.807, 2.05) is 35.4 Å². The summed E-state index contributed by atoms with van der Waals surface area (Å²) in [7, 11) is 0. The third-order valence-corrected chi connectivity index (χ3v) is 6.49. The van der Waals surface area contributed by atoms with E-state index < -0.39 is 0 Å². The van der Waals surface area contributed by atoms with Crippen LogP contribution in [0.2, 0.25) is 0 Å². The summed E-state index contributed by atoms with van der Waals surface area (Å²) in [4.78, 5) is 24.4. The van der Waals surface area contributed by atoms with Crippen LogP contribution < -0.4 is 0 Å². The topological polar surface area (TPSA) is 50.5 Å². The molecule has 4 aromatic rings. The molecule has 4 heterocycles. The first-order chi connectivity index (χ1) is 13.8. The van der Waals surface area contributed by atoms with Crippen molar-refractivity contribution < 1.29 is 4.79 Å². The van der Waals surface area contributed by atoms with Crippen LogP contribution in [0.1, 0.15) is 33.8 Å². The first kappa shape index (κ1) is 17.1. The maximum atomic E-state index is 12.8. The van der Waals surface area contributed by atoms with E-state index >= 15 is 0 Å². The van der Waals surface area contributed by atoms with E-state index in [1.54, 1.807) is 11.7 Å². The standard InChI is InChI=1S/C22H20N4OS/c27-21(18-14-23-16-28-18)25-12-9-22(10-13-25,17-6-2-1-3-7-17)19-15-26-11-5-4-8-20(26)24-19/h1-8,11,14-16H,9-10,12-13H2. The zero-order valence-corrected chi connectivity index (χ0v) is 16.2. The summed E-state index contributed by atoms with van der Waals surface area (Å²) < 4.78 is 2.08. The monoisotopic (exact) mass is 388 g/mol. The van der Waals surface area contributed by atoms with E-state index in [0.717, 1.165) is 24.2 Å². The van der Waals surface area contributed by atoms with Crippen LogP contribution in [0.3, 0.4) is 0 Å². The molecule has 0 atom stereocenters. The van der Waals surface area contributed by atoms with Gasteiger partial charge in [-0.15, -0.1) is 11.3 Å². The van der Waals surface area contributed by atoms with Crippen LogP contribution >= 0.6 is 11.3 Å². The molecular weight excluding hydrogens is 368 g/mol. The molecule has 0 saturated carbocycles. The molecule has 1 aliphatic rings. The molecule has 0 aliphatic carbocycles. The van der Waals surface area contributed by atoms with Gasteiger partial charge in [0.1, 0.15) is 10.5 Å². The predicted octanol–water partition coefficient (Wildman–Crippen LogP) is 4.01. The number of amides is 1. The Morgan fingerprint density at radius 1 is 1.04 bits per heavy atom. The highest BCUT2D eigenvalue weighted by atomic mass is 32.1. The number of fused-ring (bicyclic) bond motifs is 1. The van der Waals surface area contributed by atoms with Crippen LogP contribution in [0.15, 0.2) is 72.6 Å². The van der Waals surface area contributed by atoms with E-state index in [0.29, 0.717) is 18.0 Å². The third-order valence-electron chi connectivity index (χ3n) is 5.73. The number of aromatic nitrogens is 3. The zero-order chi connectivity index (χ0) is 19.0. The first-order valence-electron chi connectivity index (χ1n) is 9.44. The fourth-order valence-electron chi connectivity index (χ4n) is 4.18. The number of rotatable bonds is 3. The van der Waals surface area contributed by atoms with Gasteiger partial charge in [-0.05, 0) is 30.5 Å². The molecule has 0 unspecified atom stereocenters. The molecule has 0 spiro atoms. The summed E-state index contributed by atoms with van der Waals surface area (Å²) in [5, 5.41) is 0. The maximum absolute atomic E-state index is 12.8. The molecule has 28 heavy (non-hydrogen) atoms. The number of hydrogen-bond acceptors (Lipinski definition) is 4. The first-order valence-corrected chi connectivity index (χ1v) is 10.3. The van der Waals surface area contributed by atoms with Crippen LogP contribution in [0.5, 0.6) is 0 Å². The van der Waals surface area contributed by atoms with Crippen molar-refractivity contribution >= 4 is 22.9 Å². The Bertz CT molecular complexity index is 1060. The summed E-state index contributed by atoms with van der Waals surface area (Å²) in [6.45, 7) is 1.42. The van der Waals surface area contributed by atoms with Crippen LogP contribution in [0.25, 0.3) is 5.65 Å². The van der Waals surface area contributed by atoms with Gasteiger partial charge in [0.25, 0.3) is 5.91 Å². The fourth-order valence-corrected chi connectivity index (χ4v) is 4.77. The molecule has 1 fully saturated rings. The number of benzene rings is 1. The molecule has 0 N–H and O–H groups in total. The van der Waals surface area contributed by atoms with E-state index in [1.165, 1.54) is 16.9 Å². The van der Waals surface area contributed by atoms with Crippen molar-refractivity contribution in [1.29, 1.82) is 0 Å². The SMILES string of the molecule is O=C(c1cncs1)N1CCC(c2ccccc2)(c2cn3ccccc3n2)CC1. The lowest BCUT2D eigenvalue weighted by Crippen LogP contribution is -2.45. The Hall–Kier alpha value is -2.99. The van der Waals surface area contributed by atoms with Crippen molar-refractivity contribution in [3.8, 4) is 0 Å². The van der Waals surface area contributed by atoms with Gasteiger partial charge in [0.15, 0.2) is 0 Å². The zero-order valence-electron chi connectivity index (χ0n) is 15.4. The highest BCUT2D eigenvalue weighted by Gasteiger charge is 2.41. The number of hydrogen-bond donors (Lipinski definition) is 0. The molecule has 1 aromatic carbocycles. The normalized spacial score (nSPS) is 16.4. The quantitative estimate of drug-likeness (QED) is 0.533. The molecule has 0 radical (unpaired) electrons. The van der Waals surface area contributed by atoms with Crippen LogP contribution in [0.4, 0.5) is 0 Å². The van der Waals surface area contributed by atoms with Crippen LogP contribution in [0, 0.1) is 0 Å². The molecule has 6 heteroatoms. The lowest BCUT2D eigenvalue weighted by molar-refractivity contribution is 0.0689. The highest BCUT2D eigenvalue weighted by molar-refractivity contribution is 7.11. The fraction of sp³-hybridized carbons (Fsp3) is 0.227. The van der Waals surface area contributed by atoms with E-state index in [9.17, 15) is 4.79 Å². The summed E-state index contributed by atoms with van der Waals surface area (Å²) in [5.41, 5.74) is 4.83. The van der Waals surface area contributed by atoms with Gasteiger partial charge >= 0.3 is 0 Å². The number of piperidine rings is 1. The number of imidazole rings is 1. The summed E-state index contributed by atoms with van der Waals surface area (Å²) in [5.74, 6) is 0.0826. The third kappa shape index (κ3) is 2.81. The Balaban J connectivity index is 1.51. The minimum Gasteiger partial charge on any atom is -0.338 e. The van der Waals surface area contributed by atoms with Crippen molar-refractivity contribution in [2.45, 2.75) is 18.3 Å². The van der Waals surface area contributed by atoms with Gasteiger partial charge in [0, 0.05) is 30.9 Å². The molecule has 5 rings (SSSR count). The number of likely N-dealkylation sites (tertiary alicyclic amines) is 1. The van der Waals surface area contributed by atoms with Crippen molar-refractivity contribution in [1.82, 2.24) is 19.3 Å².